The number of fused-ring (bicyclic) bond motifs is 1. The number of thioether (sulfide) groups is 1. The van der Waals surface area contributed by atoms with Gasteiger partial charge >= 0.3 is 0 Å². The van der Waals surface area contributed by atoms with Gasteiger partial charge in [-0.15, -0.1) is 0 Å². The fourth-order valence-corrected chi connectivity index (χ4v) is 3.50. The molecule has 0 saturated carbocycles. The minimum atomic E-state index is -0.0561. The molecule has 0 spiro atoms. The van der Waals surface area contributed by atoms with Gasteiger partial charge < -0.3 is 15.0 Å². The van der Waals surface area contributed by atoms with Crippen molar-refractivity contribution < 1.29 is 9.53 Å². The molecule has 2 heterocycles. The number of imidazole rings is 1. The van der Waals surface area contributed by atoms with Gasteiger partial charge in [-0.05, 0) is 31.9 Å². The Labute approximate surface area is 127 Å². The Morgan fingerprint density at radius 1 is 1.43 bits per heavy atom. The van der Waals surface area contributed by atoms with Crippen molar-refractivity contribution in [2.24, 2.45) is 0 Å². The number of carbonyl (C=O) groups is 1. The second-order valence-electron chi connectivity index (χ2n) is 5.05. The van der Waals surface area contributed by atoms with Crippen LogP contribution in [0.25, 0.3) is 11.0 Å². The van der Waals surface area contributed by atoms with Crippen LogP contribution in [-0.4, -0.2) is 34.3 Å². The molecule has 2 N–H and O–H groups in total. The zero-order valence-electron chi connectivity index (χ0n) is 12.0. The maximum absolute atomic E-state index is 12.0. The first-order valence-corrected chi connectivity index (χ1v) is 8.21. The quantitative estimate of drug-likeness (QED) is 0.911. The van der Waals surface area contributed by atoms with Crippen LogP contribution in [0.2, 0.25) is 0 Å². The highest BCUT2D eigenvalue weighted by molar-refractivity contribution is 8.00. The van der Waals surface area contributed by atoms with Crippen LogP contribution in [-0.2, 0) is 4.79 Å². The van der Waals surface area contributed by atoms with E-state index in [4.69, 9.17) is 4.74 Å². The van der Waals surface area contributed by atoms with Gasteiger partial charge in [0.2, 0.25) is 5.91 Å². The molecule has 1 aromatic carbocycles. The van der Waals surface area contributed by atoms with Crippen molar-refractivity contribution in [3.8, 4) is 5.75 Å². The normalized spacial score (nSPS) is 19.3. The molecule has 1 fully saturated rings. The predicted octanol–water partition coefficient (Wildman–Crippen LogP) is 2.72. The average Bonchev–Trinajstić information content (AvgIpc) is 2.76. The second-order valence-corrected chi connectivity index (χ2v) is 6.24. The van der Waals surface area contributed by atoms with Gasteiger partial charge in [-0.25, -0.2) is 4.98 Å². The van der Waals surface area contributed by atoms with E-state index >= 15 is 0 Å². The highest BCUT2D eigenvalue weighted by Crippen LogP contribution is 2.29. The number of carbonyl (C=O) groups excluding carboxylic acids is 1. The Morgan fingerprint density at radius 2 is 2.33 bits per heavy atom. The van der Waals surface area contributed by atoms with E-state index in [1.807, 2.05) is 25.1 Å². The van der Waals surface area contributed by atoms with Gasteiger partial charge in [0.1, 0.15) is 5.75 Å². The number of hydrogen-bond acceptors (Lipinski definition) is 4. The Kier molecular flexibility index (Phi) is 4.34. The molecule has 2 aromatic rings. The molecule has 0 unspecified atom stereocenters. The summed E-state index contributed by atoms with van der Waals surface area (Å²) >= 11 is 1.51. The zero-order chi connectivity index (χ0) is 14.7. The molecule has 5 nitrogen and oxygen atoms in total. The molecular formula is C15H19N3O2S. The number of amides is 1. The Bertz CT molecular complexity index is 641. The van der Waals surface area contributed by atoms with E-state index < -0.39 is 0 Å². The summed E-state index contributed by atoms with van der Waals surface area (Å²) in [6.45, 7) is 3.39. The fourth-order valence-electron chi connectivity index (χ4n) is 2.44. The van der Waals surface area contributed by atoms with E-state index in [-0.39, 0.29) is 11.2 Å². The summed E-state index contributed by atoms with van der Waals surface area (Å²) in [5.41, 5.74) is 1.84. The third kappa shape index (κ3) is 3.32. The molecule has 21 heavy (non-hydrogen) atoms. The summed E-state index contributed by atoms with van der Waals surface area (Å²) in [6.07, 6.45) is 3.03. The zero-order valence-corrected chi connectivity index (χ0v) is 12.8. The molecule has 112 valence electrons. The Morgan fingerprint density at radius 3 is 3.19 bits per heavy atom. The lowest BCUT2D eigenvalue weighted by Crippen LogP contribution is -2.30. The topological polar surface area (TPSA) is 67.0 Å². The molecular weight excluding hydrogens is 286 g/mol. The van der Waals surface area contributed by atoms with Gasteiger partial charge in [0.25, 0.3) is 0 Å². The van der Waals surface area contributed by atoms with Crippen LogP contribution in [0.1, 0.15) is 26.2 Å². The van der Waals surface area contributed by atoms with Crippen molar-refractivity contribution in [3.63, 3.8) is 0 Å². The van der Waals surface area contributed by atoms with Crippen LogP contribution in [0.4, 0.5) is 0 Å². The third-order valence-corrected chi connectivity index (χ3v) is 4.63. The summed E-state index contributed by atoms with van der Waals surface area (Å²) in [5.74, 6) is 0.949. The first-order chi connectivity index (χ1) is 10.3. The van der Waals surface area contributed by atoms with Crippen LogP contribution in [0, 0.1) is 0 Å². The average molecular weight is 305 g/mol. The minimum absolute atomic E-state index is 0.0561. The molecule has 0 radical (unpaired) electrons. The monoisotopic (exact) mass is 305 g/mol. The Balaban J connectivity index is 1.78. The first kappa shape index (κ1) is 14.3. The van der Waals surface area contributed by atoms with Crippen LogP contribution < -0.4 is 10.1 Å². The number of H-pyrrole nitrogens is 1. The predicted molar refractivity (Wildman–Crippen MR) is 83.8 cm³/mol. The van der Waals surface area contributed by atoms with E-state index in [2.05, 4.69) is 15.3 Å². The summed E-state index contributed by atoms with van der Waals surface area (Å²) in [4.78, 5) is 19.8. The van der Waals surface area contributed by atoms with Crippen molar-refractivity contribution in [1.82, 2.24) is 15.3 Å². The number of rotatable bonds is 4. The van der Waals surface area contributed by atoms with Crippen molar-refractivity contribution >= 4 is 28.7 Å². The number of nitrogens with zero attached hydrogens (tertiary/aromatic N) is 1. The van der Waals surface area contributed by atoms with Gasteiger partial charge in [-0.1, -0.05) is 18.2 Å². The van der Waals surface area contributed by atoms with Gasteiger partial charge in [0.15, 0.2) is 5.16 Å². The van der Waals surface area contributed by atoms with Crippen LogP contribution in [0.5, 0.6) is 5.75 Å². The van der Waals surface area contributed by atoms with Gasteiger partial charge in [-0.2, -0.15) is 0 Å². The summed E-state index contributed by atoms with van der Waals surface area (Å²) in [5, 5.41) is 3.69. The van der Waals surface area contributed by atoms with Crippen molar-refractivity contribution in [2.75, 3.05) is 13.2 Å². The molecule has 6 heteroatoms. The highest BCUT2D eigenvalue weighted by Gasteiger charge is 2.23. The van der Waals surface area contributed by atoms with Crippen LogP contribution in [0.3, 0.4) is 0 Å². The van der Waals surface area contributed by atoms with E-state index in [1.165, 1.54) is 11.8 Å². The molecule has 0 bridgehead atoms. The third-order valence-electron chi connectivity index (χ3n) is 3.48. The second kappa shape index (κ2) is 6.39. The van der Waals surface area contributed by atoms with E-state index in [1.54, 1.807) is 0 Å². The van der Waals surface area contributed by atoms with E-state index in [0.29, 0.717) is 6.61 Å². The maximum Gasteiger partial charge on any atom is 0.233 e. The first-order valence-electron chi connectivity index (χ1n) is 7.33. The largest absolute Gasteiger partial charge is 0.494 e. The SMILES string of the molecule is CCOc1ccc2nc(S[C@H]3CCCCNC3=O)[nH]c2c1. The molecule has 1 aliphatic rings. The number of aromatic nitrogens is 2. The number of benzene rings is 1. The lowest BCUT2D eigenvalue weighted by Gasteiger charge is -2.10. The molecule has 0 aliphatic carbocycles. The van der Waals surface area contributed by atoms with Crippen molar-refractivity contribution in [3.05, 3.63) is 18.2 Å². The number of aromatic amines is 1. The number of nitrogens with one attached hydrogen (secondary N) is 2. The van der Waals surface area contributed by atoms with Gasteiger partial charge in [-0.3, -0.25) is 4.79 Å². The number of ether oxygens (including phenoxy) is 1. The highest BCUT2D eigenvalue weighted by atomic mass is 32.2. The summed E-state index contributed by atoms with van der Waals surface area (Å²) < 4.78 is 5.49. The van der Waals surface area contributed by atoms with Crippen molar-refractivity contribution in [1.29, 1.82) is 0 Å². The fraction of sp³-hybridized carbons (Fsp3) is 0.467. The lowest BCUT2D eigenvalue weighted by atomic mass is 10.2. The van der Waals surface area contributed by atoms with Crippen molar-refractivity contribution in [2.45, 2.75) is 36.6 Å². The molecule has 1 saturated heterocycles. The maximum atomic E-state index is 12.0. The molecule has 1 aromatic heterocycles. The van der Waals surface area contributed by atoms with Gasteiger partial charge in [0, 0.05) is 12.6 Å². The summed E-state index contributed by atoms with van der Waals surface area (Å²) in [6, 6.07) is 5.80. The molecule has 1 atom stereocenters. The number of hydrogen-bond donors (Lipinski definition) is 2. The van der Waals surface area contributed by atoms with Gasteiger partial charge in [0.05, 0.1) is 22.9 Å². The minimum Gasteiger partial charge on any atom is -0.494 e. The molecule has 1 aliphatic heterocycles. The van der Waals surface area contributed by atoms with Crippen LogP contribution in [0.15, 0.2) is 23.4 Å². The van der Waals surface area contributed by atoms with E-state index in [9.17, 15) is 4.79 Å². The van der Waals surface area contributed by atoms with E-state index in [0.717, 1.165) is 47.7 Å². The van der Waals surface area contributed by atoms with Crippen LogP contribution >= 0.6 is 11.8 Å². The summed E-state index contributed by atoms with van der Waals surface area (Å²) in [7, 11) is 0. The molecule has 3 rings (SSSR count). The molecule has 1 amide bonds. The lowest BCUT2D eigenvalue weighted by molar-refractivity contribution is -0.120. The smallest absolute Gasteiger partial charge is 0.233 e. The standard InChI is InChI=1S/C15H19N3O2S/c1-2-20-10-6-7-11-12(9-10)18-15(17-11)21-13-5-3-4-8-16-14(13)19/h6-7,9,13H,2-5,8H2,1H3,(H,16,19)(H,17,18)/t13-/m0/s1. The Hall–Kier alpha value is -1.69.